The summed E-state index contributed by atoms with van der Waals surface area (Å²) < 4.78 is 11.8. The van der Waals surface area contributed by atoms with Gasteiger partial charge in [-0.3, -0.25) is 0 Å². The molecule has 0 fully saturated rings. The first-order chi connectivity index (χ1) is 9.15. The van der Waals surface area contributed by atoms with Crippen LogP contribution in [0.3, 0.4) is 0 Å². The van der Waals surface area contributed by atoms with E-state index in [0.717, 1.165) is 22.2 Å². The Morgan fingerprint density at radius 2 is 2.05 bits per heavy atom. The van der Waals surface area contributed by atoms with Crippen LogP contribution in [0.25, 0.3) is 0 Å². The second kappa shape index (κ2) is 10.3. The van der Waals surface area contributed by atoms with Crippen LogP contribution in [-0.2, 0) is 6.54 Å². The van der Waals surface area contributed by atoms with Crippen LogP contribution in [0.4, 0.5) is 0 Å². The lowest BCUT2D eigenvalue weighted by molar-refractivity contribution is 0.238. The van der Waals surface area contributed by atoms with Crippen LogP contribution < -0.4 is 14.8 Å². The van der Waals surface area contributed by atoms with Crippen molar-refractivity contribution >= 4 is 28.3 Å². The zero-order chi connectivity index (χ0) is 14.3. The first-order valence-electron chi connectivity index (χ1n) is 6.49. The molecule has 1 rings (SSSR count). The van der Waals surface area contributed by atoms with Crippen molar-refractivity contribution in [3.05, 3.63) is 22.2 Å². The maximum Gasteiger partial charge on any atom is 0.175 e. The largest absolute Gasteiger partial charge is 0.493 e. The number of halogens is 2. The summed E-state index contributed by atoms with van der Waals surface area (Å²) in [5.74, 6) is 1.44. The second-order valence-electron chi connectivity index (χ2n) is 4.21. The SMILES string of the molecule is CCOc1c(Br)cc(CNC(CC)CO)cc1OC.Cl. The standard InChI is InChI=1S/C14H22BrNO3.ClH/c1-4-11(9-17)16-8-10-6-12(15)14(19-5-2)13(7-10)18-3;/h6-7,11,16-17H,4-5,8-9H2,1-3H3;1H. The zero-order valence-electron chi connectivity index (χ0n) is 12.1. The summed E-state index contributed by atoms with van der Waals surface area (Å²) in [5, 5.41) is 12.5. The fourth-order valence-corrected chi connectivity index (χ4v) is 2.36. The normalized spacial score (nSPS) is 11.7. The van der Waals surface area contributed by atoms with Gasteiger partial charge in [0, 0.05) is 12.6 Å². The Balaban J connectivity index is 0.00000361. The van der Waals surface area contributed by atoms with Crippen molar-refractivity contribution in [1.29, 1.82) is 0 Å². The van der Waals surface area contributed by atoms with Crippen molar-refractivity contribution < 1.29 is 14.6 Å². The van der Waals surface area contributed by atoms with Crippen LogP contribution in [0.1, 0.15) is 25.8 Å². The molecule has 0 radical (unpaired) electrons. The number of methoxy groups -OCH3 is 1. The summed E-state index contributed by atoms with van der Waals surface area (Å²) in [6.07, 6.45) is 0.895. The third kappa shape index (κ3) is 5.48. The fourth-order valence-electron chi connectivity index (χ4n) is 1.76. The van der Waals surface area contributed by atoms with E-state index >= 15 is 0 Å². The Bertz CT molecular complexity index is 400. The Morgan fingerprint density at radius 3 is 2.55 bits per heavy atom. The Hall–Kier alpha value is -0.490. The lowest BCUT2D eigenvalue weighted by atomic mass is 10.1. The number of aliphatic hydroxyl groups excluding tert-OH is 1. The van der Waals surface area contributed by atoms with Gasteiger partial charge < -0.3 is 19.9 Å². The highest BCUT2D eigenvalue weighted by Crippen LogP contribution is 2.36. The number of aliphatic hydroxyl groups is 1. The summed E-state index contributed by atoms with van der Waals surface area (Å²) in [5.41, 5.74) is 1.08. The van der Waals surface area contributed by atoms with Crippen LogP contribution in [0.5, 0.6) is 11.5 Å². The molecule has 1 atom stereocenters. The fraction of sp³-hybridized carbons (Fsp3) is 0.571. The van der Waals surface area contributed by atoms with Crippen molar-refractivity contribution in [2.24, 2.45) is 0 Å². The average Bonchev–Trinajstić information content (AvgIpc) is 2.42. The minimum Gasteiger partial charge on any atom is -0.493 e. The third-order valence-electron chi connectivity index (χ3n) is 2.89. The van der Waals surface area contributed by atoms with Gasteiger partial charge in [-0.2, -0.15) is 0 Å². The number of rotatable bonds is 8. The molecule has 0 saturated carbocycles. The maximum atomic E-state index is 9.16. The van der Waals surface area contributed by atoms with E-state index in [9.17, 15) is 0 Å². The Morgan fingerprint density at radius 1 is 1.35 bits per heavy atom. The number of benzene rings is 1. The smallest absolute Gasteiger partial charge is 0.175 e. The molecule has 0 spiro atoms. The predicted octanol–water partition coefficient (Wildman–Crippen LogP) is 3.14. The zero-order valence-corrected chi connectivity index (χ0v) is 14.5. The molecule has 0 aliphatic heterocycles. The van der Waals surface area contributed by atoms with E-state index in [1.165, 1.54) is 0 Å². The second-order valence-corrected chi connectivity index (χ2v) is 5.07. The first-order valence-corrected chi connectivity index (χ1v) is 7.28. The third-order valence-corrected chi connectivity index (χ3v) is 3.47. The molecule has 6 heteroatoms. The van der Waals surface area contributed by atoms with Gasteiger partial charge in [-0.25, -0.2) is 0 Å². The van der Waals surface area contributed by atoms with Gasteiger partial charge in [-0.15, -0.1) is 12.4 Å². The van der Waals surface area contributed by atoms with Crippen molar-refractivity contribution in [3.8, 4) is 11.5 Å². The molecule has 0 aliphatic rings. The van der Waals surface area contributed by atoms with E-state index in [0.29, 0.717) is 18.9 Å². The van der Waals surface area contributed by atoms with Crippen LogP contribution in [0.15, 0.2) is 16.6 Å². The Kier molecular flexibility index (Phi) is 10.0. The van der Waals surface area contributed by atoms with Crippen LogP contribution in [0.2, 0.25) is 0 Å². The van der Waals surface area contributed by atoms with E-state index in [2.05, 4.69) is 21.2 Å². The molecule has 20 heavy (non-hydrogen) atoms. The number of nitrogens with one attached hydrogen (secondary N) is 1. The molecule has 0 bridgehead atoms. The minimum atomic E-state index is 0. The molecule has 116 valence electrons. The molecule has 4 nitrogen and oxygen atoms in total. The highest BCUT2D eigenvalue weighted by Gasteiger charge is 2.12. The highest BCUT2D eigenvalue weighted by molar-refractivity contribution is 9.10. The van der Waals surface area contributed by atoms with Gasteiger partial charge in [0.2, 0.25) is 0 Å². The topological polar surface area (TPSA) is 50.7 Å². The van der Waals surface area contributed by atoms with Gasteiger partial charge >= 0.3 is 0 Å². The van der Waals surface area contributed by atoms with Crippen molar-refractivity contribution in [3.63, 3.8) is 0 Å². The predicted molar refractivity (Wildman–Crippen MR) is 87.1 cm³/mol. The molecule has 0 aliphatic carbocycles. The van der Waals surface area contributed by atoms with Gasteiger partial charge in [-0.05, 0) is 47.0 Å². The average molecular weight is 369 g/mol. The molecule has 2 N–H and O–H groups in total. The molecule has 0 amide bonds. The van der Waals surface area contributed by atoms with E-state index in [-0.39, 0.29) is 25.1 Å². The van der Waals surface area contributed by atoms with Crippen molar-refractivity contribution in [2.75, 3.05) is 20.3 Å². The number of hydrogen-bond donors (Lipinski definition) is 2. The number of hydrogen-bond acceptors (Lipinski definition) is 4. The first kappa shape index (κ1) is 19.5. The summed E-state index contributed by atoms with van der Waals surface area (Å²) in [6.45, 7) is 5.40. The van der Waals surface area contributed by atoms with Gasteiger partial charge in [0.15, 0.2) is 11.5 Å². The van der Waals surface area contributed by atoms with Crippen LogP contribution in [-0.4, -0.2) is 31.5 Å². The molecule has 0 saturated heterocycles. The van der Waals surface area contributed by atoms with E-state index in [1.54, 1.807) is 7.11 Å². The lowest BCUT2D eigenvalue weighted by Gasteiger charge is -2.16. The summed E-state index contributed by atoms with van der Waals surface area (Å²) in [7, 11) is 1.63. The van der Waals surface area contributed by atoms with E-state index in [1.807, 2.05) is 26.0 Å². The van der Waals surface area contributed by atoms with Gasteiger partial charge in [0.1, 0.15) is 0 Å². The molecule has 1 aromatic rings. The van der Waals surface area contributed by atoms with Crippen molar-refractivity contribution in [2.45, 2.75) is 32.9 Å². The summed E-state index contributed by atoms with van der Waals surface area (Å²) in [4.78, 5) is 0. The highest BCUT2D eigenvalue weighted by atomic mass is 79.9. The van der Waals surface area contributed by atoms with Gasteiger partial charge in [0.05, 0.1) is 24.8 Å². The molecule has 1 unspecified atom stereocenters. The summed E-state index contributed by atoms with van der Waals surface area (Å²) in [6, 6.07) is 4.08. The molecular formula is C14H23BrClNO3. The maximum absolute atomic E-state index is 9.16. The van der Waals surface area contributed by atoms with Gasteiger partial charge in [0.25, 0.3) is 0 Å². The van der Waals surface area contributed by atoms with Crippen LogP contribution in [0, 0.1) is 0 Å². The molecule has 0 aromatic heterocycles. The Labute approximate surface area is 135 Å². The van der Waals surface area contributed by atoms with E-state index < -0.39 is 0 Å². The number of ether oxygens (including phenoxy) is 2. The van der Waals surface area contributed by atoms with E-state index in [4.69, 9.17) is 14.6 Å². The van der Waals surface area contributed by atoms with Crippen molar-refractivity contribution in [1.82, 2.24) is 5.32 Å². The molecule has 0 heterocycles. The monoisotopic (exact) mass is 367 g/mol. The summed E-state index contributed by atoms with van der Waals surface area (Å²) >= 11 is 3.50. The molecule has 1 aromatic carbocycles. The molecular weight excluding hydrogens is 346 g/mol. The minimum absolute atomic E-state index is 0. The van der Waals surface area contributed by atoms with Gasteiger partial charge in [-0.1, -0.05) is 6.92 Å². The van der Waals surface area contributed by atoms with Crippen LogP contribution >= 0.6 is 28.3 Å². The quantitative estimate of drug-likeness (QED) is 0.740. The lowest BCUT2D eigenvalue weighted by Crippen LogP contribution is -2.31.